The molecule has 0 amide bonds. The van der Waals surface area contributed by atoms with Crippen molar-refractivity contribution >= 4 is 17.2 Å². The summed E-state index contributed by atoms with van der Waals surface area (Å²) in [5.74, 6) is 0.831. The van der Waals surface area contributed by atoms with Crippen LogP contribution in [-0.2, 0) is 4.74 Å². The van der Waals surface area contributed by atoms with Gasteiger partial charge in [0.15, 0.2) is 0 Å². The molecule has 0 aromatic carbocycles. The molecule has 5 heteroatoms. The van der Waals surface area contributed by atoms with Gasteiger partial charge in [0.25, 0.3) is 0 Å². The van der Waals surface area contributed by atoms with Crippen LogP contribution in [0.3, 0.4) is 0 Å². The fourth-order valence-corrected chi connectivity index (χ4v) is 3.51. The lowest BCUT2D eigenvalue weighted by molar-refractivity contribution is 0.0401. The fourth-order valence-electron chi connectivity index (χ4n) is 3.19. The lowest BCUT2D eigenvalue weighted by atomic mass is 9.99. The van der Waals surface area contributed by atoms with E-state index in [0.29, 0.717) is 11.0 Å². The van der Waals surface area contributed by atoms with E-state index >= 15 is 0 Å². The Hall–Kier alpha value is -0.230. The highest BCUT2D eigenvalue weighted by Crippen LogP contribution is 2.18. The molecular formula is C14H27N3OS. The second-order valence-corrected chi connectivity index (χ2v) is 6.19. The molecule has 2 aliphatic heterocycles. The topological polar surface area (TPSA) is 41.7 Å². The molecule has 19 heavy (non-hydrogen) atoms. The van der Waals surface area contributed by atoms with Gasteiger partial charge < -0.3 is 15.4 Å². The first-order valence-corrected chi connectivity index (χ1v) is 7.95. The minimum absolute atomic E-state index is 0.292. The third kappa shape index (κ3) is 4.38. The van der Waals surface area contributed by atoms with Gasteiger partial charge in [-0.1, -0.05) is 19.1 Å². The Morgan fingerprint density at radius 3 is 2.42 bits per heavy atom. The smallest absolute Gasteiger partial charge is 0.0901 e. The Kier molecular flexibility index (Phi) is 6.01. The van der Waals surface area contributed by atoms with Gasteiger partial charge >= 0.3 is 0 Å². The van der Waals surface area contributed by atoms with Gasteiger partial charge in [0.05, 0.1) is 11.0 Å². The van der Waals surface area contributed by atoms with Crippen molar-refractivity contribution in [1.82, 2.24) is 9.80 Å². The number of hydrogen-bond acceptors (Lipinski definition) is 4. The number of rotatable bonds is 5. The van der Waals surface area contributed by atoms with Crippen molar-refractivity contribution in [2.45, 2.75) is 32.2 Å². The molecule has 2 fully saturated rings. The molecule has 1 atom stereocenters. The summed E-state index contributed by atoms with van der Waals surface area (Å²) < 4.78 is 5.42. The summed E-state index contributed by atoms with van der Waals surface area (Å²) in [6.45, 7) is 9.79. The molecule has 0 spiro atoms. The van der Waals surface area contributed by atoms with Gasteiger partial charge in [0.2, 0.25) is 0 Å². The minimum Gasteiger partial charge on any atom is -0.392 e. The molecule has 2 aliphatic rings. The number of ether oxygens (including phenoxy) is 1. The van der Waals surface area contributed by atoms with E-state index in [2.05, 4.69) is 16.7 Å². The first-order chi connectivity index (χ1) is 9.20. The third-order valence-corrected chi connectivity index (χ3v) is 4.69. The second kappa shape index (κ2) is 7.53. The summed E-state index contributed by atoms with van der Waals surface area (Å²) in [5.41, 5.74) is 5.82. The number of nitrogens with zero attached hydrogens (tertiary/aromatic N) is 2. The normalized spacial score (nSPS) is 25.3. The molecule has 0 aromatic rings. The van der Waals surface area contributed by atoms with Crippen molar-refractivity contribution in [2.75, 3.05) is 45.9 Å². The predicted octanol–water partition coefficient (Wildman–Crippen LogP) is 1.10. The van der Waals surface area contributed by atoms with E-state index in [1.165, 1.54) is 19.4 Å². The number of nitrogens with two attached hydrogens (primary N) is 1. The summed E-state index contributed by atoms with van der Waals surface area (Å²) in [6.07, 6.45) is 3.48. The molecule has 2 heterocycles. The van der Waals surface area contributed by atoms with E-state index in [0.717, 1.165) is 51.7 Å². The quantitative estimate of drug-likeness (QED) is 0.766. The van der Waals surface area contributed by atoms with Crippen molar-refractivity contribution in [3.8, 4) is 0 Å². The summed E-state index contributed by atoms with van der Waals surface area (Å²) in [4.78, 5) is 5.70. The van der Waals surface area contributed by atoms with Crippen LogP contribution in [0.25, 0.3) is 0 Å². The summed E-state index contributed by atoms with van der Waals surface area (Å²) >= 11 is 5.17. The SMILES string of the molecule is CCC(C(N)=S)N1CCN(CC2CCOCC2)CC1. The standard InChI is InChI=1S/C14H27N3OS/c1-2-13(14(15)19)17-7-5-16(6-8-17)11-12-3-9-18-10-4-12/h12-13H,2-11H2,1H3,(H2,15,19). The highest BCUT2D eigenvalue weighted by molar-refractivity contribution is 7.80. The van der Waals surface area contributed by atoms with Crippen molar-refractivity contribution in [3.05, 3.63) is 0 Å². The van der Waals surface area contributed by atoms with Crippen LogP contribution in [0.5, 0.6) is 0 Å². The highest BCUT2D eigenvalue weighted by atomic mass is 32.1. The Balaban J connectivity index is 1.73. The van der Waals surface area contributed by atoms with Crippen LogP contribution in [0.2, 0.25) is 0 Å². The maximum absolute atomic E-state index is 5.82. The molecule has 0 radical (unpaired) electrons. The number of piperazine rings is 1. The largest absolute Gasteiger partial charge is 0.392 e. The molecule has 2 rings (SSSR count). The monoisotopic (exact) mass is 285 g/mol. The van der Waals surface area contributed by atoms with Gasteiger partial charge in [-0.25, -0.2) is 0 Å². The Morgan fingerprint density at radius 1 is 1.26 bits per heavy atom. The molecule has 0 bridgehead atoms. The van der Waals surface area contributed by atoms with Crippen LogP contribution >= 0.6 is 12.2 Å². The molecule has 1 unspecified atom stereocenters. The molecule has 4 nitrogen and oxygen atoms in total. The first kappa shape index (κ1) is 15.2. The molecule has 0 saturated carbocycles. The lowest BCUT2D eigenvalue weighted by Crippen LogP contribution is -2.54. The van der Waals surface area contributed by atoms with Crippen molar-refractivity contribution < 1.29 is 4.74 Å². The first-order valence-electron chi connectivity index (χ1n) is 7.54. The van der Waals surface area contributed by atoms with Crippen LogP contribution in [0.15, 0.2) is 0 Å². The zero-order chi connectivity index (χ0) is 13.7. The third-order valence-electron chi connectivity index (χ3n) is 4.42. The van der Waals surface area contributed by atoms with Crippen molar-refractivity contribution in [1.29, 1.82) is 0 Å². The van der Waals surface area contributed by atoms with Gasteiger partial charge in [-0.15, -0.1) is 0 Å². The van der Waals surface area contributed by atoms with Crippen LogP contribution in [0.4, 0.5) is 0 Å². The fraction of sp³-hybridized carbons (Fsp3) is 0.929. The zero-order valence-electron chi connectivity index (χ0n) is 12.0. The van der Waals surface area contributed by atoms with E-state index in [1.807, 2.05) is 0 Å². The van der Waals surface area contributed by atoms with Crippen molar-refractivity contribution in [3.63, 3.8) is 0 Å². The minimum atomic E-state index is 0.292. The molecule has 0 aliphatic carbocycles. The molecule has 2 N–H and O–H groups in total. The van der Waals surface area contributed by atoms with Crippen LogP contribution < -0.4 is 5.73 Å². The van der Waals surface area contributed by atoms with E-state index < -0.39 is 0 Å². The van der Waals surface area contributed by atoms with Gasteiger partial charge in [-0.2, -0.15) is 0 Å². The Morgan fingerprint density at radius 2 is 1.89 bits per heavy atom. The zero-order valence-corrected chi connectivity index (χ0v) is 12.8. The summed E-state index contributed by atoms with van der Waals surface area (Å²) in [7, 11) is 0. The molecular weight excluding hydrogens is 258 g/mol. The second-order valence-electron chi connectivity index (χ2n) is 5.72. The Bertz CT molecular complexity index is 286. The van der Waals surface area contributed by atoms with Crippen LogP contribution in [-0.4, -0.2) is 66.8 Å². The maximum atomic E-state index is 5.82. The van der Waals surface area contributed by atoms with Gasteiger partial charge in [0, 0.05) is 45.9 Å². The van der Waals surface area contributed by atoms with Gasteiger partial charge in [-0.3, -0.25) is 4.90 Å². The van der Waals surface area contributed by atoms with Crippen molar-refractivity contribution in [2.24, 2.45) is 11.7 Å². The predicted molar refractivity (Wildman–Crippen MR) is 82.4 cm³/mol. The number of hydrogen-bond donors (Lipinski definition) is 1. The molecule has 0 aromatic heterocycles. The molecule has 2 saturated heterocycles. The number of thiocarbonyl (C=S) groups is 1. The van der Waals surface area contributed by atoms with Crippen LogP contribution in [0, 0.1) is 5.92 Å². The van der Waals surface area contributed by atoms with E-state index in [1.54, 1.807) is 0 Å². The van der Waals surface area contributed by atoms with Crippen LogP contribution in [0.1, 0.15) is 26.2 Å². The lowest BCUT2D eigenvalue weighted by Gasteiger charge is -2.40. The van der Waals surface area contributed by atoms with E-state index in [-0.39, 0.29) is 0 Å². The summed E-state index contributed by atoms with van der Waals surface area (Å²) in [6, 6.07) is 0.292. The average molecular weight is 285 g/mol. The van der Waals surface area contributed by atoms with E-state index in [4.69, 9.17) is 22.7 Å². The Labute approximate surface area is 122 Å². The van der Waals surface area contributed by atoms with Gasteiger partial charge in [0.1, 0.15) is 0 Å². The average Bonchev–Trinajstić information content (AvgIpc) is 2.42. The highest BCUT2D eigenvalue weighted by Gasteiger charge is 2.26. The summed E-state index contributed by atoms with van der Waals surface area (Å²) in [5, 5.41) is 0. The molecule has 110 valence electrons. The van der Waals surface area contributed by atoms with E-state index in [9.17, 15) is 0 Å². The van der Waals surface area contributed by atoms with Gasteiger partial charge in [-0.05, 0) is 25.2 Å². The maximum Gasteiger partial charge on any atom is 0.0901 e.